The highest BCUT2D eigenvalue weighted by Crippen LogP contribution is 2.33. The van der Waals surface area contributed by atoms with Crippen LogP contribution in [0.15, 0.2) is 27.5 Å². The molecule has 0 saturated heterocycles. The van der Waals surface area contributed by atoms with Gasteiger partial charge in [0.2, 0.25) is 0 Å². The molecule has 3 aromatic rings. The Morgan fingerprint density at radius 3 is 2.67 bits per heavy atom. The first-order valence-corrected chi connectivity index (χ1v) is 9.78. The van der Waals surface area contributed by atoms with E-state index < -0.39 is 11.6 Å². The number of nitrogens with one attached hydrogen (secondary N) is 1. The summed E-state index contributed by atoms with van der Waals surface area (Å²) in [5, 5.41) is 13.7. The van der Waals surface area contributed by atoms with E-state index in [1.165, 1.54) is 0 Å². The van der Waals surface area contributed by atoms with Gasteiger partial charge in [-0.2, -0.15) is 0 Å². The maximum Gasteiger partial charge on any atom is 0.439 e. The third kappa shape index (κ3) is 4.37. The second kappa shape index (κ2) is 8.30. The van der Waals surface area contributed by atoms with Gasteiger partial charge in [-0.25, -0.2) is 9.18 Å². The number of ether oxygens (including phenoxy) is 1. The fourth-order valence-corrected chi connectivity index (χ4v) is 3.24. The molecule has 0 unspecified atom stereocenters. The minimum absolute atomic E-state index is 0.0732. The quantitative estimate of drug-likeness (QED) is 0.603. The predicted octanol–water partition coefficient (Wildman–Crippen LogP) is 4.08. The van der Waals surface area contributed by atoms with Gasteiger partial charge in [-0.1, -0.05) is 25.9 Å². The Morgan fingerprint density at radius 1 is 1.30 bits per heavy atom. The number of aryl methyl sites for hydroxylation is 1. The molecule has 0 radical (unpaired) electrons. The average molecular weight is 415 g/mol. The number of aromatic nitrogens is 3. The number of aromatic amines is 1. The zero-order valence-corrected chi connectivity index (χ0v) is 17.8. The standard InChI is InChI=1S/C22H26FN3O4/c1-6-22(4,5)20-16(27)8-7-14(24-20)10-15-12(2)9-17(19(23)13(15)3)29-11-18-25-21(28)30-26-18/h7-9,27H,6,10-11H2,1-5H3,(H,25,26,28). The maximum absolute atomic E-state index is 14.9. The molecule has 8 heteroatoms. The molecular formula is C22H26FN3O4. The van der Waals surface area contributed by atoms with Gasteiger partial charge in [-0.15, -0.1) is 0 Å². The maximum atomic E-state index is 14.9. The second-order valence-corrected chi connectivity index (χ2v) is 8.02. The SMILES string of the molecule is CCC(C)(C)c1nc(Cc2c(C)cc(OCc3noc(=O)[nH]3)c(F)c2C)ccc1O. The summed E-state index contributed by atoms with van der Waals surface area (Å²) in [6.45, 7) is 9.57. The molecule has 0 saturated carbocycles. The topological polar surface area (TPSA) is 101 Å². The summed E-state index contributed by atoms with van der Waals surface area (Å²) in [5.41, 5.74) is 3.25. The van der Waals surface area contributed by atoms with E-state index in [-0.39, 0.29) is 29.3 Å². The summed E-state index contributed by atoms with van der Waals surface area (Å²) in [7, 11) is 0. The molecular weight excluding hydrogens is 389 g/mol. The Labute approximate surface area is 173 Å². The van der Waals surface area contributed by atoms with Crippen molar-refractivity contribution < 1.29 is 18.8 Å². The Kier molecular flexibility index (Phi) is 5.96. The zero-order chi connectivity index (χ0) is 22.1. The van der Waals surface area contributed by atoms with Gasteiger partial charge in [-0.05, 0) is 55.2 Å². The molecule has 0 amide bonds. The molecule has 0 bridgehead atoms. The predicted molar refractivity (Wildman–Crippen MR) is 109 cm³/mol. The fourth-order valence-electron chi connectivity index (χ4n) is 3.24. The molecule has 0 aliphatic heterocycles. The Balaban J connectivity index is 1.88. The summed E-state index contributed by atoms with van der Waals surface area (Å²) in [6, 6.07) is 5.02. The minimum Gasteiger partial charge on any atom is -0.506 e. The molecule has 1 aromatic carbocycles. The van der Waals surface area contributed by atoms with E-state index in [2.05, 4.69) is 19.6 Å². The van der Waals surface area contributed by atoms with Crippen LogP contribution in [0.5, 0.6) is 11.5 Å². The summed E-state index contributed by atoms with van der Waals surface area (Å²) < 4.78 is 24.8. The van der Waals surface area contributed by atoms with Crippen LogP contribution in [0.2, 0.25) is 0 Å². The van der Waals surface area contributed by atoms with Crippen molar-refractivity contribution in [2.75, 3.05) is 0 Å². The Morgan fingerprint density at radius 2 is 2.03 bits per heavy atom. The lowest BCUT2D eigenvalue weighted by atomic mass is 9.85. The van der Waals surface area contributed by atoms with Gasteiger partial charge in [0.1, 0.15) is 12.4 Å². The molecule has 2 aromatic heterocycles. The van der Waals surface area contributed by atoms with Gasteiger partial charge < -0.3 is 9.84 Å². The Hall–Kier alpha value is -3.16. The molecule has 3 rings (SSSR count). The lowest BCUT2D eigenvalue weighted by Crippen LogP contribution is -2.18. The van der Waals surface area contributed by atoms with E-state index >= 15 is 0 Å². The number of benzene rings is 1. The number of aromatic hydroxyl groups is 1. The average Bonchev–Trinajstić information content (AvgIpc) is 3.13. The van der Waals surface area contributed by atoms with E-state index in [4.69, 9.17) is 4.74 Å². The van der Waals surface area contributed by atoms with E-state index in [1.54, 1.807) is 25.1 Å². The molecule has 7 nitrogen and oxygen atoms in total. The highest BCUT2D eigenvalue weighted by atomic mass is 19.1. The van der Waals surface area contributed by atoms with Crippen molar-refractivity contribution in [3.8, 4) is 11.5 Å². The summed E-state index contributed by atoms with van der Waals surface area (Å²) in [5.74, 6) is -0.750. The normalized spacial score (nSPS) is 11.7. The third-order valence-corrected chi connectivity index (χ3v) is 5.49. The summed E-state index contributed by atoms with van der Waals surface area (Å²) in [6.07, 6.45) is 1.26. The number of hydrogen-bond acceptors (Lipinski definition) is 6. The fraction of sp³-hybridized carbons (Fsp3) is 0.409. The van der Waals surface area contributed by atoms with Crippen molar-refractivity contribution >= 4 is 0 Å². The van der Waals surface area contributed by atoms with Crippen LogP contribution in [0.3, 0.4) is 0 Å². The molecule has 0 aliphatic rings. The van der Waals surface area contributed by atoms with E-state index in [1.807, 2.05) is 27.7 Å². The van der Waals surface area contributed by atoms with Crippen LogP contribution < -0.4 is 10.5 Å². The van der Waals surface area contributed by atoms with Crippen molar-refractivity contribution in [1.29, 1.82) is 0 Å². The lowest BCUT2D eigenvalue weighted by Gasteiger charge is -2.24. The monoisotopic (exact) mass is 415 g/mol. The number of H-pyrrole nitrogens is 1. The van der Waals surface area contributed by atoms with E-state index in [0.717, 1.165) is 23.2 Å². The molecule has 2 N–H and O–H groups in total. The number of halogens is 1. The highest BCUT2D eigenvalue weighted by Gasteiger charge is 2.24. The van der Waals surface area contributed by atoms with Gasteiger partial charge >= 0.3 is 5.76 Å². The smallest absolute Gasteiger partial charge is 0.439 e. The van der Waals surface area contributed by atoms with Crippen molar-refractivity contribution in [3.05, 3.63) is 68.5 Å². The molecule has 2 heterocycles. The zero-order valence-electron chi connectivity index (χ0n) is 17.8. The van der Waals surface area contributed by atoms with Gasteiger partial charge in [0.15, 0.2) is 17.4 Å². The Bertz CT molecular complexity index is 1120. The van der Waals surface area contributed by atoms with Crippen LogP contribution in [0.4, 0.5) is 4.39 Å². The van der Waals surface area contributed by atoms with Crippen molar-refractivity contribution in [3.63, 3.8) is 0 Å². The number of hydrogen-bond donors (Lipinski definition) is 2. The molecule has 30 heavy (non-hydrogen) atoms. The highest BCUT2D eigenvalue weighted by molar-refractivity contribution is 5.45. The van der Waals surface area contributed by atoms with Gasteiger partial charge in [0.25, 0.3) is 0 Å². The number of pyridine rings is 1. The van der Waals surface area contributed by atoms with Crippen molar-refractivity contribution in [1.82, 2.24) is 15.1 Å². The van der Waals surface area contributed by atoms with Crippen molar-refractivity contribution in [2.45, 2.75) is 59.5 Å². The number of rotatable bonds is 7. The van der Waals surface area contributed by atoms with Crippen LogP contribution in [0.25, 0.3) is 0 Å². The van der Waals surface area contributed by atoms with Crippen LogP contribution in [0, 0.1) is 19.7 Å². The summed E-state index contributed by atoms with van der Waals surface area (Å²) >= 11 is 0. The number of nitrogens with zero attached hydrogens (tertiary/aromatic N) is 2. The molecule has 0 spiro atoms. The van der Waals surface area contributed by atoms with Crippen LogP contribution in [-0.2, 0) is 18.4 Å². The second-order valence-electron chi connectivity index (χ2n) is 8.02. The van der Waals surface area contributed by atoms with Gasteiger partial charge in [-0.3, -0.25) is 14.5 Å². The lowest BCUT2D eigenvalue weighted by molar-refractivity contribution is 0.271. The first-order chi connectivity index (χ1) is 14.1. The molecule has 160 valence electrons. The van der Waals surface area contributed by atoms with Crippen LogP contribution >= 0.6 is 0 Å². The first-order valence-electron chi connectivity index (χ1n) is 9.78. The van der Waals surface area contributed by atoms with Crippen LogP contribution in [0.1, 0.15) is 61.1 Å². The first kappa shape index (κ1) is 21.5. The minimum atomic E-state index is -0.691. The summed E-state index contributed by atoms with van der Waals surface area (Å²) in [4.78, 5) is 18.0. The van der Waals surface area contributed by atoms with Gasteiger partial charge in [0, 0.05) is 17.5 Å². The van der Waals surface area contributed by atoms with Crippen LogP contribution in [-0.4, -0.2) is 20.2 Å². The molecule has 0 aliphatic carbocycles. The van der Waals surface area contributed by atoms with E-state index in [9.17, 15) is 14.3 Å². The largest absolute Gasteiger partial charge is 0.506 e. The third-order valence-electron chi connectivity index (χ3n) is 5.49. The van der Waals surface area contributed by atoms with Crippen molar-refractivity contribution in [2.24, 2.45) is 0 Å². The van der Waals surface area contributed by atoms with Gasteiger partial charge in [0.05, 0.1) is 5.69 Å². The molecule has 0 fully saturated rings. The molecule has 0 atom stereocenters. The van der Waals surface area contributed by atoms with E-state index in [0.29, 0.717) is 17.7 Å².